The predicted octanol–water partition coefficient (Wildman–Crippen LogP) is 5.43. The number of carbonyl (C=O) groups excluding carboxylic acids is 1. The number of halogens is 1. The maximum Gasteiger partial charge on any atom is 0.234 e. The number of hydrogen-bond donors (Lipinski definition) is 1. The number of amides is 1. The van der Waals surface area contributed by atoms with Crippen molar-refractivity contribution in [3.8, 4) is 0 Å². The third-order valence-electron chi connectivity index (χ3n) is 5.61. The van der Waals surface area contributed by atoms with E-state index in [4.69, 9.17) is 0 Å². The van der Waals surface area contributed by atoms with Crippen molar-refractivity contribution in [2.75, 3.05) is 26.7 Å². The normalized spacial score (nSPS) is 11.2. The van der Waals surface area contributed by atoms with Crippen LogP contribution in [-0.2, 0) is 10.2 Å². The van der Waals surface area contributed by atoms with E-state index >= 15 is 0 Å². The fourth-order valence-electron chi connectivity index (χ4n) is 3.91. The highest BCUT2D eigenvalue weighted by Crippen LogP contribution is 2.36. The molecule has 1 N–H and O–H groups in total. The lowest BCUT2D eigenvalue weighted by molar-refractivity contribution is -0.125. The molecule has 29 heavy (non-hydrogen) atoms. The Balaban J connectivity index is 0.00000420. The van der Waals surface area contributed by atoms with E-state index in [2.05, 4.69) is 48.3 Å². The summed E-state index contributed by atoms with van der Waals surface area (Å²) in [5.41, 5.74) is 1.45. The molecule has 2 aromatic rings. The summed E-state index contributed by atoms with van der Waals surface area (Å²) >= 11 is 0. The minimum atomic E-state index is -0.673. The van der Waals surface area contributed by atoms with E-state index in [1.807, 2.05) is 36.4 Å². The second kappa shape index (κ2) is 13.4. The minimum Gasteiger partial charge on any atom is -0.358 e. The Morgan fingerprint density at radius 1 is 0.828 bits per heavy atom. The molecule has 0 bridgehead atoms. The van der Waals surface area contributed by atoms with Crippen molar-refractivity contribution in [2.24, 2.45) is 0 Å². The van der Waals surface area contributed by atoms with Gasteiger partial charge in [-0.05, 0) is 50.0 Å². The number of benzene rings is 2. The van der Waals surface area contributed by atoms with Crippen molar-refractivity contribution < 1.29 is 4.79 Å². The van der Waals surface area contributed by atoms with Gasteiger partial charge in [-0.25, -0.2) is 0 Å². The quantitative estimate of drug-likeness (QED) is 0.500. The number of unbranched alkanes of at least 4 members (excludes halogenated alkanes) is 2. The molecule has 0 saturated heterocycles. The first-order valence-electron chi connectivity index (χ1n) is 10.7. The maximum atomic E-state index is 13.3. The zero-order valence-corrected chi connectivity index (χ0v) is 19.0. The summed E-state index contributed by atoms with van der Waals surface area (Å²) in [5.74, 6) is 0.0656. The van der Waals surface area contributed by atoms with E-state index in [1.165, 1.54) is 25.7 Å². The van der Waals surface area contributed by atoms with Crippen LogP contribution in [0.15, 0.2) is 60.7 Å². The second-order valence-electron chi connectivity index (χ2n) is 7.52. The van der Waals surface area contributed by atoms with Gasteiger partial charge in [0.25, 0.3) is 0 Å². The maximum absolute atomic E-state index is 13.3. The number of nitrogens with one attached hydrogen (secondary N) is 1. The van der Waals surface area contributed by atoms with E-state index in [0.29, 0.717) is 0 Å². The predicted molar refractivity (Wildman–Crippen MR) is 126 cm³/mol. The fraction of sp³-hybridized carbons (Fsp3) is 0.480. The van der Waals surface area contributed by atoms with Crippen LogP contribution in [0, 0.1) is 0 Å². The number of rotatable bonds is 12. The molecule has 0 aliphatic heterocycles. The van der Waals surface area contributed by atoms with Crippen molar-refractivity contribution >= 4 is 18.3 Å². The van der Waals surface area contributed by atoms with Gasteiger partial charge in [0.15, 0.2) is 0 Å². The molecule has 0 aliphatic rings. The molecule has 2 aromatic carbocycles. The number of hydrogen-bond acceptors (Lipinski definition) is 2. The highest BCUT2D eigenvalue weighted by molar-refractivity contribution is 5.92. The highest BCUT2D eigenvalue weighted by atomic mass is 35.5. The highest BCUT2D eigenvalue weighted by Gasteiger charge is 2.41. The first-order valence-corrected chi connectivity index (χ1v) is 10.7. The Morgan fingerprint density at radius 3 is 1.66 bits per heavy atom. The SMILES string of the molecule is CCCCN(CCCC)CCC(C(=O)NC)(c1ccccc1)c1ccccc1.Cl. The second-order valence-corrected chi connectivity index (χ2v) is 7.52. The summed E-state index contributed by atoms with van der Waals surface area (Å²) in [6.45, 7) is 7.59. The first-order chi connectivity index (χ1) is 13.7. The van der Waals surface area contributed by atoms with Crippen LogP contribution in [0.2, 0.25) is 0 Å². The van der Waals surface area contributed by atoms with Crippen LogP contribution in [0.25, 0.3) is 0 Å². The van der Waals surface area contributed by atoms with Gasteiger partial charge < -0.3 is 10.2 Å². The summed E-state index contributed by atoms with van der Waals surface area (Å²) in [5, 5.41) is 2.96. The van der Waals surface area contributed by atoms with E-state index < -0.39 is 5.41 Å². The van der Waals surface area contributed by atoms with Crippen LogP contribution in [0.3, 0.4) is 0 Å². The Hall–Kier alpha value is -1.84. The van der Waals surface area contributed by atoms with Gasteiger partial charge in [-0.1, -0.05) is 87.4 Å². The average molecular weight is 417 g/mol. The Morgan fingerprint density at radius 2 is 1.28 bits per heavy atom. The Kier molecular flexibility index (Phi) is 11.6. The summed E-state index contributed by atoms with van der Waals surface area (Å²) in [4.78, 5) is 15.9. The summed E-state index contributed by atoms with van der Waals surface area (Å²) < 4.78 is 0. The summed E-state index contributed by atoms with van der Waals surface area (Å²) in [6.07, 6.45) is 5.57. The topological polar surface area (TPSA) is 32.3 Å². The Labute approximate surface area is 183 Å². The fourth-order valence-corrected chi connectivity index (χ4v) is 3.91. The van der Waals surface area contributed by atoms with Crippen LogP contribution in [0.5, 0.6) is 0 Å². The van der Waals surface area contributed by atoms with Crippen molar-refractivity contribution in [1.82, 2.24) is 10.2 Å². The number of likely N-dealkylation sites (N-methyl/N-ethyl adjacent to an activating group) is 1. The van der Waals surface area contributed by atoms with Crippen molar-refractivity contribution in [3.63, 3.8) is 0 Å². The third-order valence-corrected chi connectivity index (χ3v) is 5.61. The van der Waals surface area contributed by atoms with Gasteiger partial charge in [0.05, 0.1) is 0 Å². The molecule has 0 heterocycles. The molecule has 1 amide bonds. The van der Waals surface area contributed by atoms with Crippen LogP contribution < -0.4 is 5.32 Å². The van der Waals surface area contributed by atoms with E-state index in [1.54, 1.807) is 7.05 Å². The molecule has 0 fully saturated rings. The van der Waals surface area contributed by atoms with Gasteiger partial charge in [-0.3, -0.25) is 4.79 Å². The van der Waals surface area contributed by atoms with Gasteiger partial charge in [-0.2, -0.15) is 0 Å². The molecule has 2 rings (SSSR count). The molecule has 3 nitrogen and oxygen atoms in total. The van der Waals surface area contributed by atoms with Crippen LogP contribution in [0.4, 0.5) is 0 Å². The van der Waals surface area contributed by atoms with Crippen LogP contribution in [-0.4, -0.2) is 37.5 Å². The van der Waals surface area contributed by atoms with Crippen molar-refractivity contribution in [1.29, 1.82) is 0 Å². The van der Waals surface area contributed by atoms with Gasteiger partial charge in [0, 0.05) is 7.05 Å². The zero-order valence-electron chi connectivity index (χ0n) is 18.2. The van der Waals surface area contributed by atoms with Crippen molar-refractivity contribution in [3.05, 3.63) is 71.8 Å². The molecular weight excluding hydrogens is 380 g/mol. The van der Waals surface area contributed by atoms with Gasteiger partial charge in [-0.15, -0.1) is 12.4 Å². The van der Waals surface area contributed by atoms with E-state index in [0.717, 1.165) is 37.2 Å². The first kappa shape index (κ1) is 25.2. The summed E-state index contributed by atoms with van der Waals surface area (Å²) in [6, 6.07) is 20.5. The molecule has 160 valence electrons. The van der Waals surface area contributed by atoms with Crippen molar-refractivity contribution in [2.45, 2.75) is 51.4 Å². The molecule has 0 saturated carbocycles. The lowest BCUT2D eigenvalue weighted by Gasteiger charge is -2.35. The third kappa shape index (κ3) is 6.58. The molecule has 4 heteroatoms. The standard InChI is InChI=1S/C25H36N2O.ClH/c1-4-6-19-27(20-7-5-2)21-18-25(24(28)26-3,22-14-10-8-11-15-22)23-16-12-9-13-17-23;/h8-17H,4-7,18-21H2,1-3H3,(H,26,28);1H. The average Bonchev–Trinajstić information content (AvgIpc) is 2.76. The minimum absolute atomic E-state index is 0. The lowest BCUT2D eigenvalue weighted by atomic mass is 9.71. The molecule has 0 spiro atoms. The van der Waals surface area contributed by atoms with Crippen LogP contribution >= 0.6 is 12.4 Å². The zero-order chi connectivity index (χ0) is 20.2. The summed E-state index contributed by atoms with van der Waals surface area (Å²) in [7, 11) is 1.74. The Bertz CT molecular complexity index is 643. The molecule has 0 aromatic heterocycles. The molecule has 0 radical (unpaired) electrons. The lowest BCUT2D eigenvalue weighted by Crippen LogP contribution is -2.46. The number of nitrogens with zero attached hydrogens (tertiary/aromatic N) is 1. The monoisotopic (exact) mass is 416 g/mol. The largest absolute Gasteiger partial charge is 0.358 e. The van der Waals surface area contributed by atoms with Gasteiger partial charge >= 0.3 is 0 Å². The van der Waals surface area contributed by atoms with Gasteiger partial charge in [0.2, 0.25) is 5.91 Å². The molecule has 0 aliphatic carbocycles. The van der Waals surface area contributed by atoms with E-state index in [-0.39, 0.29) is 18.3 Å². The number of carbonyl (C=O) groups is 1. The van der Waals surface area contributed by atoms with Crippen LogP contribution in [0.1, 0.15) is 57.1 Å². The molecule has 0 unspecified atom stereocenters. The smallest absolute Gasteiger partial charge is 0.234 e. The molecule has 0 atom stereocenters. The van der Waals surface area contributed by atoms with E-state index in [9.17, 15) is 4.79 Å². The molecular formula is C25H37ClN2O. The van der Waals surface area contributed by atoms with Gasteiger partial charge in [0.1, 0.15) is 5.41 Å².